The van der Waals surface area contributed by atoms with Crippen molar-refractivity contribution < 1.29 is 60.3 Å². The first-order valence-electron chi connectivity index (χ1n) is 4.60. The Kier molecular flexibility index (Phi) is 32.8. The molecule has 0 spiro atoms. The van der Waals surface area contributed by atoms with Crippen LogP contribution in [0, 0.1) is 0 Å². The fourth-order valence-corrected chi connectivity index (χ4v) is 0. The second-order valence-corrected chi connectivity index (χ2v) is 2.45. The molecule has 114 valence electrons. The summed E-state index contributed by atoms with van der Waals surface area (Å²) in [5.41, 5.74) is 0. The molecule has 1 fully saturated rings. The Labute approximate surface area is 110 Å². The Morgan fingerprint density at radius 3 is 0.368 bits per heavy atom. The van der Waals surface area contributed by atoms with Gasteiger partial charge in [0.1, 0.15) is 0 Å². The van der Waals surface area contributed by atoms with Crippen LogP contribution in [-0.2, 0) is 0 Å². The van der Waals surface area contributed by atoms with Gasteiger partial charge in [0.2, 0.25) is 0 Å². The van der Waals surface area contributed by atoms with Gasteiger partial charge < -0.3 is 60.3 Å². The van der Waals surface area contributed by atoms with E-state index < -0.39 is 29.3 Å². The van der Waals surface area contributed by atoms with Crippen LogP contribution in [0.3, 0.4) is 0 Å². The lowest BCUT2D eigenvalue weighted by Gasteiger charge is -1.69. The molecule has 1 aliphatic carbocycles. The lowest BCUT2D eigenvalue weighted by molar-refractivity contribution is 0.276. The topological polar surface area (TPSA) is 243 Å². The van der Waals surface area contributed by atoms with Crippen molar-refractivity contribution in [1.82, 2.24) is 0 Å². The van der Waals surface area contributed by atoms with Crippen LogP contribution >= 0.6 is 0 Å². The molecule has 0 amide bonds. The third kappa shape index (κ3) is 7280. The molecule has 0 aromatic rings. The van der Waals surface area contributed by atoms with Gasteiger partial charge >= 0.3 is 29.3 Å². The van der Waals surface area contributed by atoms with Gasteiger partial charge in [-0.15, -0.1) is 0 Å². The van der Waals surface area contributed by atoms with Crippen LogP contribution in [0.15, 0.2) is 0 Å². The Morgan fingerprint density at radius 1 is 0.316 bits per heavy atom. The molecule has 0 radical (unpaired) electrons. The maximum Gasteiger partial charge on any atom is 0.631 e. The molecule has 0 heterocycles. The Hall–Kier alpha value is -0.220. The maximum atomic E-state index is 7.17. The number of rotatable bonds is 0. The maximum absolute atomic E-state index is 7.17. The minimum Gasteiger partial charge on any atom is -0.402 e. The number of hydrogen-bond donors (Lipinski definition) is 12. The zero-order valence-corrected chi connectivity index (χ0v) is 9.80. The lowest BCUT2D eigenvalue weighted by atomic mass is 10.3. The third-order valence-electron chi connectivity index (χ3n) is 0.354. The highest BCUT2D eigenvalue weighted by atomic mass is 16.5. The van der Waals surface area contributed by atoms with E-state index in [1.165, 1.54) is 19.3 Å². The summed E-state index contributed by atoms with van der Waals surface area (Å²) in [6.07, 6.45) is 4.50. The molecule has 19 heavy (non-hydrogen) atoms. The van der Waals surface area contributed by atoms with E-state index in [9.17, 15) is 0 Å². The van der Waals surface area contributed by atoms with Crippen molar-refractivity contribution in [2.45, 2.75) is 19.3 Å². The average molecular weight is 289 g/mol. The fraction of sp³-hybridized carbons (Fsp3) is 1.00. The van der Waals surface area contributed by atoms with Gasteiger partial charge in [-0.25, -0.2) is 0 Å². The molecule has 1 rings (SSSR count). The molecular formula is C3H18B4O12. The van der Waals surface area contributed by atoms with Gasteiger partial charge in [0.15, 0.2) is 0 Å². The Balaban J connectivity index is -0.0000000741. The summed E-state index contributed by atoms with van der Waals surface area (Å²) in [6, 6.07) is 0. The minimum atomic E-state index is -2.17. The summed E-state index contributed by atoms with van der Waals surface area (Å²) in [5, 5.41) is 86.0. The van der Waals surface area contributed by atoms with E-state index in [1.807, 2.05) is 0 Å². The second kappa shape index (κ2) is 22.9. The predicted molar refractivity (Wildman–Crippen MR) is 63.5 cm³/mol. The monoisotopic (exact) mass is 290 g/mol. The zero-order chi connectivity index (χ0) is 16.4. The van der Waals surface area contributed by atoms with Crippen molar-refractivity contribution in [1.29, 1.82) is 0 Å². The molecule has 0 aromatic carbocycles. The van der Waals surface area contributed by atoms with E-state index in [0.29, 0.717) is 0 Å². The second-order valence-electron chi connectivity index (χ2n) is 2.45. The average Bonchev–Trinajstić information content (AvgIpc) is 2.80. The molecule has 1 saturated carbocycles. The summed E-state index contributed by atoms with van der Waals surface area (Å²) < 4.78 is 0. The molecule has 0 bridgehead atoms. The first-order valence-corrected chi connectivity index (χ1v) is 4.60. The molecule has 12 nitrogen and oxygen atoms in total. The third-order valence-corrected chi connectivity index (χ3v) is 0.354. The molecular weight excluding hydrogens is 271 g/mol. The minimum absolute atomic E-state index is 1.50. The van der Waals surface area contributed by atoms with Crippen LogP contribution < -0.4 is 0 Å². The SMILES string of the molecule is C1CC1.OB(O)O.OB(O)O.OB(O)O.OB(O)O. The van der Waals surface area contributed by atoms with Crippen molar-refractivity contribution in [3.8, 4) is 0 Å². The van der Waals surface area contributed by atoms with Gasteiger partial charge in [-0.05, 0) is 0 Å². The van der Waals surface area contributed by atoms with E-state index in [4.69, 9.17) is 60.3 Å². The van der Waals surface area contributed by atoms with E-state index in [2.05, 4.69) is 0 Å². The van der Waals surface area contributed by atoms with Crippen LogP contribution in [0.25, 0.3) is 0 Å². The Morgan fingerprint density at radius 2 is 0.368 bits per heavy atom. The van der Waals surface area contributed by atoms with Gasteiger partial charge in [-0.3, -0.25) is 0 Å². The van der Waals surface area contributed by atoms with E-state index in [1.54, 1.807) is 0 Å². The summed E-state index contributed by atoms with van der Waals surface area (Å²) in [4.78, 5) is 0. The van der Waals surface area contributed by atoms with Gasteiger partial charge in [-0.1, -0.05) is 19.3 Å². The van der Waals surface area contributed by atoms with Crippen LogP contribution in [0.5, 0.6) is 0 Å². The smallest absolute Gasteiger partial charge is 0.402 e. The fourth-order valence-electron chi connectivity index (χ4n) is 0. The van der Waals surface area contributed by atoms with Gasteiger partial charge in [0, 0.05) is 0 Å². The van der Waals surface area contributed by atoms with Crippen molar-refractivity contribution >= 4 is 29.3 Å². The van der Waals surface area contributed by atoms with Crippen LogP contribution in [0.1, 0.15) is 19.3 Å². The quantitative estimate of drug-likeness (QED) is 0.186. The number of hydrogen-bond acceptors (Lipinski definition) is 12. The van der Waals surface area contributed by atoms with Gasteiger partial charge in [-0.2, -0.15) is 0 Å². The molecule has 0 aromatic heterocycles. The highest BCUT2D eigenvalue weighted by Gasteiger charge is 1.95. The van der Waals surface area contributed by atoms with Crippen LogP contribution in [-0.4, -0.2) is 89.6 Å². The van der Waals surface area contributed by atoms with Gasteiger partial charge in [0.05, 0.1) is 0 Å². The van der Waals surface area contributed by atoms with Crippen LogP contribution in [0.2, 0.25) is 0 Å². The van der Waals surface area contributed by atoms with Crippen molar-refractivity contribution in [3.05, 3.63) is 0 Å². The molecule has 0 aliphatic heterocycles. The summed E-state index contributed by atoms with van der Waals surface area (Å²) in [6.45, 7) is 0. The standard InChI is InChI=1S/C3H6.4BH3O3/c1-2-3-1;4*2-1(3)4/h1-3H2;4*2-4H. The van der Waals surface area contributed by atoms with E-state index >= 15 is 0 Å². The normalized spacial score (nSPS) is 9.47. The summed E-state index contributed by atoms with van der Waals surface area (Å²) in [7, 11) is -8.67. The van der Waals surface area contributed by atoms with Crippen molar-refractivity contribution in [3.63, 3.8) is 0 Å². The van der Waals surface area contributed by atoms with Crippen molar-refractivity contribution in [2.75, 3.05) is 0 Å². The molecule has 0 unspecified atom stereocenters. The predicted octanol–water partition coefficient (Wildman–Crippen LogP) is -7.04. The Bertz CT molecular complexity index is 94.4. The molecule has 1 aliphatic rings. The lowest BCUT2D eigenvalue weighted by Crippen LogP contribution is -2.07. The first kappa shape index (κ1) is 27.2. The van der Waals surface area contributed by atoms with Crippen molar-refractivity contribution in [2.24, 2.45) is 0 Å². The summed E-state index contributed by atoms with van der Waals surface area (Å²) >= 11 is 0. The zero-order valence-electron chi connectivity index (χ0n) is 9.80. The van der Waals surface area contributed by atoms with Gasteiger partial charge in [0.25, 0.3) is 0 Å². The molecule has 0 saturated heterocycles. The van der Waals surface area contributed by atoms with Crippen LogP contribution in [0.4, 0.5) is 0 Å². The highest BCUT2D eigenvalue weighted by molar-refractivity contribution is 6.31. The molecule has 0 atom stereocenters. The molecule has 12 N–H and O–H groups in total. The van der Waals surface area contributed by atoms with E-state index in [0.717, 1.165) is 0 Å². The molecule has 16 heteroatoms. The highest BCUT2D eigenvalue weighted by Crippen LogP contribution is 2.14. The van der Waals surface area contributed by atoms with E-state index in [-0.39, 0.29) is 0 Å². The summed E-state index contributed by atoms with van der Waals surface area (Å²) in [5.74, 6) is 0. The first-order chi connectivity index (χ1) is 8.43. The largest absolute Gasteiger partial charge is 0.631 e.